The van der Waals surface area contributed by atoms with Crippen LogP contribution in [0.25, 0.3) is 0 Å². The maximum absolute atomic E-state index is 11.3. The first-order valence-electron chi connectivity index (χ1n) is 7.29. The molecule has 0 spiro atoms. The number of ether oxygens (including phenoxy) is 2. The van der Waals surface area contributed by atoms with Crippen molar-refractivity contribution in [3.05, 3.63) is 54.1 Å². The summed E-state index contributed by atoms with van der Waals surface area (Å²) in [4.78, 5) is 23.5. The van der Waals surface area contributed by atoms with E-state index in [1.165, 1.54) is 31.9 Å². The molecule has 0 heterocycles. The Morgan fingerprint density at radius 1 is 1.09 bits per heavy atom. The van der Waals surface area contributed by atoms with Crippen molar-refractivity contribution in [3.63, 3.8) is 0 Å². The molecule has 23 heavy (non-hydrogen) atoms. The zero-order valence-corrected chi connectivity index (χ0v) is 14.5. The number of carbonyl (C=O) groups is 2. The molecule has 1 aromatic rings. The van der Waals surface area contributed by atoms with Gasteiger partial charge in [0.25, 0.3) is 0 Å². The largest absolute Gasteiger partial charge is 0.466 e. The molecule has 5 heteroatoms. The Hall–Kier alpha value is -2.01. The molecular weight excluding hydrogens is 312 g/mol. The van der Waals surface area contributed by atoms with Gasteiger partial charge in [-0.2, -0.15) is 0 Å². The van der Waals surface area contributed by atoms with E-state index in [0.29, 0.717) is 6.42 Å². The lowest BCUT2D eigenvalue weighted by Crippen LogP contribution is -2.01. The summed E-state index contributed by atoms with van der Waals surface area (Å²) in [5.74, 6) is -0.734. The molecule has 0 amide bonds. The van der Waals surface area contributed by atoms with Crippen LogP contribution >= 0.6 is 11.8 Å². The van der Waals surface area contributed by atoms with Gasteiger partial charge in [0.15, 0.2) is 0 Å². The van der Waals surface area contributed by atoms with Crippen molar-refractivity contribution < 1.29 is 19.1 Å². The van der Waals surface area contributed by atoms with E-state index in [4.69, 9.17) is 0 Å². The standard InChI is InChI=1S/C18H22O4S/c1-14-8-10-16(11-9-14)23-15(12-13-18(20)22-3)6-4-5-7-17(19)21-2/h5,7-13,15H,4,6H2,1-3H3/b7-5+,13-12+. The first-order chi connectivity index (χ1) is 11.0. The molecule has 0 saturated carbocycles. The summed E-state index contributed by atoms with van der Waals surface area (Å²) in [6.45, 7) is 2.04. The molecule has 0 radical (unpaired) electrons. The van der Waals surface area contributed by atoms with Gasteiger partial charge in [-0.05, 0) is 31.9 Å². The predicted molar refractivity (Wildman–Crippen MR) is 92.4 cm³/mol. The summed E-state index contributed by atoms with van der Waals surface area (Å²) in [5, 5.41) is 0.110. The fourth-order valence-corrected chi connectivity index (χ4v) is 2.80. The summed E-state index contributed by atoms with van der Waals surface area (Å²) < 4.78 is 9.18. The first-order valence-corrected chi connectivity index (χ1v) is 8.17. The number of benzene rings is 1. The van der Waals surface area contributed by atoms with E-state index >= 15 is 0 Å². The zero-order valence-electron chi connectivity index (χ0n) is 13.7. The van der Waals surface area contributed by atoms with Crippen LogP contribution in [0.2, 0.25) is 0 Å². The molecule has 0 aliphatic heterocycles. The lowest BCUT2D eigenvalue weighted by Gasteiger charge is -2.11. The quantitative estimate of drug-likeness (QED) is 0.412. The van der Waals surface area contributed by atoms with E-state index in [0.717, 1.165) is 11.3 Å². The van der Waals surface area contributed by atoms with Gasteiger partial charge in [-0.1, -0.05) is 29.8 Å². The predicted octanol–water partition coefficient (Wildman–Crippen LogP) is 3.69. The van der Waals surface area contributed by atoms with Gasteiger partial charge in [-0.25, -0.2) is 9.59 Å². The molecule has 124 valence electrons. The van der Waals surface area contributed by atoms with Crippen LogP contribution in [0.5, 0.6) is 0 Å². The Morgan fingerprint density at radius 2 is 1.70 bits per heavy atom. The molecule has 0 aromatic heterocycles. The lowest BCUT2D eigenvalue weighted by molar-refractivity contribution is -0.135. The molecule has 1 atom stereocenters. The van der Waals surface area contributed by atoms with Crippen molar-refractivity contribution in [1.29, 1.82) is 0 Å². The third-order valence-corrected chi connectivity index (χ3v) is 4.27. The van der Waals surface area contributed by atoms with E-state index in [1.54, 1.807) is 17.8 Å². The van der Waals surface area contributed by atoms with E-state index in [-0.39, 0.29) is 17.2 Å². The molecule has 0 N–H and O–H groups in total. The van der Waals surface area contributed by atoms with Gasteiger partial charge in [-0.15, -0.1) is 11.8 Å². The summed E-state index contributed by atoms with van der Waals surface area (Å²) in [6, 6.07) is 8.23. The summed E-state index contributed by atoms with van der Waals surface area (Å²) in [5.41, 5.74) is 1.21. The van der Waals surface area contributed by atoms with Crippen molar-refractivity contribution in [1.82, 2.24) is 0 Å². The van der Waals surface area contributed by atoms with Gasteiger partial charge < -0.3 is 9.47 Å². The fourth-order valence-electron chi connectivity index (χ4n) is 1.75. The molecule has 0 aliphatic carbocycles. The number of hydrogen-bond donors (Lipinski definition) is 0. The maximum atomic E-state index is 11.3. The third-order valence-electron chi connectivity index (χ3n) is 3.03. The minimum Gasteiger partial charge on any atom is -0.466 e. The molecule has 0 bridgehead atoms. The molecular formula is C18H22O4S. The second-order valence-electron chi connectivity index (χ2n) is 4.85. The van der Waals surface area contributed by atoms with Crippen molar-refractivity contribution in [2.45, 2.75) is 29.9 Å². The van der Waals surface area contributed by atoms with Crippen LogP contribution in [-0.2, 0) is 19.1 Å². The average molecular weight is 334 g/mol. The van der Waals surface area contributed by atoms with Crippen molar-refractivity contribution in [2.24, 2.45) is 0 Å². The highest BCUT2D eigenvalue weighted by molar-refractivity contribution is 8.00. The Kier molecular flexibility index (Phi) is 8.83. The molecule has 0 fully saturated rings. The Balaban J connectivity index is 2.66. The van der Waals surface area contributed by atoms with Crippen molar-refractivity contribution in [3.8, 4) is 0 Å². The second kappa shape index (κ2) is 10.7. The van der Waals surface area contributed by atoms with E-state index < -0.39 is 0 Å². The van der Waals surface area contributed by atoms with Gasteiger partial charge >= 0.3 is 11.9 Å². The highest BCUT2D eigenvalue weighted by Crippen LogP contribution is 2.27. The van der Waals surface area contributed by atoms with Crippen LogP contribution in [0.3, 0.4) is 0 Å². The van der Waals surface area contributed by atoms with E-state index in [1.807, 2.05) is 13.0 Å². The van der Waals surface area contributed by atoms with E-state index in [2.05, 4.69) is 33.7 Å². The van der Waals surface area contributed by atoms with Crippen molar-refractivity contribution >= 4 is 23.7 Å². The van der Waals surface area contributed by atoms with Crippen molar-refractivity contribution in [2.75, 3.05) is 14.2 Å². The SMILES string of the molecule is COC(=O)/C=C/CCC(/C=C/C(=O)OC)Sc1ccc(C)cc1. The van der Waals surface area contributed by atoms with Gasteiger partial charge in [0.05, 0.1) is 14.2 Å². The minimum atomic E-state index is -0.371. The fraction of sp³-hybridized carbons (Fsp3) is 0.333. The minimum absolute atomic E-state index is 0.110. The van der Waals surface area contributed by atoms with Gasteiger partial charge in [0.1, 0.15) is 0 Å². The smallest absolute Gasteiger partial charge is 0.330 e. The second-order valence-corrected chi connectivity index (χ2v) is 6.17. The number of rotatable bonds is 8. The number of aryl methyl sites for hydroxylation is 1. The number of methoxy groups -OCH3 is 2. The number of thioether (sulfide) groups is 1. The number of hydrogen-bond acceptors (Lipinski definition) is 5. The summed E-state index contributed by atoms with van der Waals surface area (Å²) >= 11 is 1.67. The topological polar surface area (TPSA) is 52.6 Å². The van der Waals surface area contributed by atoms with Crippen LogP contribution in [0.1, 0.15) is 18.4 Å². The van der Waals surface area contributed by atoms with Gasteiger partial charge in [0, 0.05) is 22.3 Å². The molecule has 0 saturated heterocycles. The van der Waals surface area contributed by atoms with Crippen LogP contribution in [0.15, 0.2) is 53.5 Å². The zero-order chi connectivity index (χ0) is 17.1. The van der Waals surface area contributed by atoms with Crippen LogP contribution in [0, 0.1) is 6.92 Å². The number of allylic oxidation sites excluding steroid dienone is 1. The first kappa shape index (κ1) is 19.0. The monoisotopic (exact) mass is 334 g/mol. The Labute approximate surface area is 141 Å². The summed E-state index contributed by atoms with van der Waals surface area (Å²) in [6.07, 6.45) is 7.97. The highest BCUT2D eigenvalue weighted by Gasteiger charge is 2.07. The van der Waals surface area contributed by atoms with Gasteiger partial charge in [0.2, 0.25) is 0 Å². The summed E-state index contributed by atoms with van der Waals surface area (Å²) in [7, 11) is 2.70. The van der Waals surface area contributed by atoms with Crippen LogP contribution < -0.4 is 0 Å². The maximum Gasteiger partial charge on any atom is 0.330 e. The Bertz CT molecular complexity index is 561. The molecule has 4 nitrogen and oxygen atoms in total. The highest BCUT2D eigenvalue weighted by atomic mass is 32.2. The molecule has 1 rings (SSSR count). The average Bonchev–Trinajstić information content (AvgIpc) is 2.57. The number of carbonyl (C=O) groups excluding carboxylic acids is 2. The molecule has 1 aromatic carbocycles. The Morgan fingerprint density at radius 3 is 2.30 bits per heavy atom. The lowest BCUT2D eigenvalue weighted by atomic mass is 10.2. The third kappa shape index (κ3) is 8.26. The van der Waals surface area contributed by atoms with Crippen LogP contribution in [-0.4, -0.2) is 31.4 Å². The van der Waals surface area contributed by atoms with Gasteiger partial charge in [-0.3, -0.25) is 0 Å². The van der Waals surface area contributed by atoms with Crippen LogP contribution in [0.4, 0.5) is 0 Å². The number of esters is 2. The normalized spacial score (nSPS) is 12.5. The molecule has 0 aliphatic rings. The van der Waals surface area contributed by atoms with E-state index in [9.17, 15) is 9.59 Å². The molecule has 1 unspecified atom stereocenters.